The van der Waals surface area contributed by atoms with Gasteiger partial charge >= 0.3 is 18.2 Å². The second-order valence-corrected chi connectivity index (χ2v) is 6.64. The summed E-state index contributed by atoms with van der Waals surface area (Å²) in [5.41, 5.74) is 2.50. The van der Waals surface area contributed by atoms with Crippen molar-refractivity contribution in [3.8, 4) is 5.13 Å². The monoisotopic (exact) mass is 430 g/mol. The Morgan fingerprint density at radius 3 is 2.66 bits per heavy atom. The van der Waals surface area contributed by atoms with Crippen LogP contribution >= 0.6 is 11.3 Å². The van der Waals surface area contributed by atoms with E-state index in [0.29, 0.717) is 0 Å². The molecule has 2 heterocycles. The molecule has 0 aliphatic rings. The normalized spacial score (nSPS) is 11.5. The Morgan fingerprint density at radius 1 is 1.31 bits per heavy atom. The van der Waals surface area contributed by atoms with Crippen LogP contribution in [0.1, 0.15) is 17.0 Å². The van der Waals surface area contributed by atoms with Gasteiger partial charge in [-0.3, -0.25) is 14.7 Å². The van der Waals surface area contributed by atoms with E-state index in [1.165, 1.54) is 22.7 Å². The summed E-state index contributed by atoms with van der Waals surface area (Å²) in [6.07, 6.45) is -0.319. The minimum absolute atomic E-state index is 0.741. The number of aryl methyl sites for hydroxylation is 1. The van der Waals surface area contributed by atoms with E-state index in [0.717, 1.165) is 28.2 Å². The molecule has 0 bridgehead atoms. The van der Waals surface area contributed by atoms with E-state index in [4.69, 9.17) is 0 Å². The molecular formula is C17H17F3N4O4S. The summed E-state index contributed by atoms with van der Waals surface area (Å²) in [6, 6.07) is 0.506. The van der Waals surface area contributed by atoms with Crippen molar-refractivity contribution in [2.75, 3.05) is 13.2 Å². The zero-order chi connectivity index (χ0) is 21.6. The van der Waals surface area contributed by atoms with Crippen LogP contribution < -0.4 is 10.6 Å². The average Bonchev–Trinajstić information content (AvgIpc) is 3.23. The van der Waals surface area contributed by atoms with Crippen LogP contribution in [0, 0.1) is 13.8 Å². The van der Waals surface area contributed by atoms with Crippen molar-refractivity contribution in [3.63, 3.8) is 0 Å². The predicted octanol–water partition coefficient (Wildman–Crippen LogP) is 2.50. The predicted molar refractivity (Wildman–Crippen MR) is 98.5 cm³/mol. The topological polar surface area (TPSA) is 102 Å². The molecule has 2 aromatic heterocycles. The number of rotatable bonds is 6. The van der Waals surface area contributed by atoms with Crippen LogP contribution in [-0.4, -0.2) is 46.8 Å². The summed E-state index contributed by atoms with van der Waals surface area (Å²) in [6.45, 7) is 1.33. The van der Waals surface area contributed by atoms with Gasteiger partial charge in [-0.05, 0) is 31.6 Å². The first-order chi connectivity index (χ1) is 13.6. The van der Waals surface area contributed by atoms with Crippen molar-refractivity contribution >= 4 is 35.3 Å². The number of nitrogens with zero attached hydrogens (tertiary/aromatic N) is 2. The van der Waals surface area contributed by atoms with Crippen molar-refractivity contribution in [2.24, 2.45) is 0 Å². The Labute approximate surface area is 167 Å². The molecule has 12 heteroatoms. The lowest BCUT2D eigenvalue weighted by Gasteiger charge is -2.08. The Hall–Kier alpha value is -3.15. The van der Waals surface area contributed by atoms with Crippen LogP contribution in [0.3, 0.4) is 0 Å². The SMILES string of the molecule is Cc1cc(/C=C/C(=O)OCC(=O)NC(=O)NCC(F)(F)F)c(C)n1-c1nccs1. The molecule has 0 radical (unpaired) electrons. The van der Waals surface area contributed by atoms with Gasteiger partial charge in [-0.1, -0.05) is 0 Å². The Morgan fingerprint density at radius 2 is 2.03 bits per heavy atom. The lowest BCUT2D eigenvalue weighted by atomic mass is 10.2. The molecule has 3 amide bonds. The lowest BCUT2D eigenvalue weighted by molar-refractivity contribution is -0.143. The highest BCUT2D eigenvalue weighted by Gasteiger charge is 2.28. The first kappa shape index (κ1) is 22.1. The maximum absolute atomic E-state index is 12.0. The van der Waals surface area contributed by atoms with Gasteiger partial charge in [-0.2, -0.15) is 13.2 Å². The maximum atomic E-state index is 12.0. The third-order valence-electron chi connectivity index (χ3n) is 3.53. The zero-order valence-corrected chi connectivity index (χ0v) is 16.2. The molecule has 0 aromatic carbocycles. The standard InChI is InChI=1S/C17H17F3N4O4S/c1-10-7-12(11(2)24(10)16-21-5-6-29-16)3-4-14(26)28-8-13(25)23-15(27)22-9-17(18,19)20/h3-7H,8-9H2,1-2H3,(H2,22,23,25,27)/b4-3+. The summed E-state index contributed by atoms with van der Waals surface area (Å²) in [5, 5.41) is 5.70. The molecule has 8 nitrogen and oxygen atoms in total. The van der Waals surface area contributed by atoms with E-state index >= 15 is 0 Å². The summed E-state index contributed by atoms with van der Waals surface area (Å²) in [7, 11) is 0. The first-order valence-corrected chi connectivity index (χ1v) is 9.03. The molecular weight excluding hydrogens is 413 g/mol. The molecule has 0 aliphatic heterocycles. The lowest BCUT2D eigenvalue weighted by Crippen LogP contribution is -2.44. The highest BCUT2D eigenvalue weighted by molar-refractivity contribution is 7.12. The minimum Gasteiger partial charge on any atom is -0.452 e. The second kappa shape index (κ2) is 9.37. The van der Waals surface area contributed by atoms with Crippen LogP contribution in [0.2, 0.25) is 0 Å². The largest absolute Gasteiger partial charge is 0.452 e. The molecule has 0 saturated carbocycles. The van der Waals surface area contributed by atoms with Crippen molar-refractivity contribution < 1.29 is 32.3 Å². The Kier molecular flexibility index (Phi) is 7.15. The summed E-state index contributed by atoms with van der Waals surface area (Å²) in [5.74, 6) is -1.91. The van der Waals surface area contributed by atoms with E-state index in [9.17, 15) is 27.6 Å². The van der Waals surface area contributed by atoms with Gasteiger partial charge in [0, 0.05) is 29.0 Å². The smallest absolute Gasteiger partial charge is 0.405 e. The number of alkyl halides is 3. The fourth-order valence-electron chi connectivity index (χ4n) is 2.31. The minimum atomic E-state index is -4.60. The quantitative estimate of drug-likeness (QED) is 0.542. The molecule has 0 fully saturated rings. The molecule has 29 heavy (non-hydrogen) atoms. The van der Waals surface area contributed by atoms with Gasteiger partial charge < -0.3 is 10.1 Å². The molecule has 0 aliphatic carbocycles. The molecule has 0 spiro atoms. The van der Waals surface area contributed by atoms with E-state index in [1.807, 2.05) is 29.9 Å². The summed E-state index contributed by atoms with van der Waals surface area (Å²) in [4.78, 5) is 38.5. The highest BCUT2D eigenvalue weighted by atomic mass is 32.1. The van der Waals surface area contributed by atoms with E-state index < -0.39 is 37.2 Å². The molecule has 0 atom stereocenters. The van der Waals surface area contributed by atoms with E-state index in [-0.39, 0.29) is 0 Å². The van der Waals surface area contributed by atoms with Gasteiger partial charge in [0.25, 0.3) is 5.91 Å². The maximum Gasteiger partial charge on any atom is 0.405 e. The number of aromatic nitrogens is 2. The molecule has 2 N–H and O–H groups in total. The van der Waals surface area contributed by atoms with Gasteiger partial charge in [0.2, 0.25) is 0 Å². The van der Waals surface area contributed by atoms with Gasteiger partial charge in [0.05, 0.1) is 0 Å². The molecule has 2 aromatic rings. The van der Waals surface area contributed by atoms with Gasteiger partial charge in [-0.25, -0.2) is 14.6 Å². The van der Waals surface area contributed by atoms with Crippen LogP contribution in [0.4, 0.5) is 18.0 Å². The molecule has 156 valence electrons. The Bertz CT molecular complexity index is 920. The number of thiazole rings is 1. The number of halogens is 3. The van der Waals surface area contributed by atoms with Crippen LogP contribution in [0.5, 0.6) is 0 Å². The number of carbonyl (C=O) groups excluding carboxylic acids is 3. The number of ether oxygens (including phenoxy) is 1. The van der Waals surface area contributed by atoms with Gasteiger partial charge in [0.1, 0.15) is 6.54 Å². The van der Waals surface area contributed by atoms with Crippen LogP contribution in [0.25, 0.3) is 11.2 Å². The van der Waals surface area contributed by atoms with Crippen LogP contribution in [-0.2, 0) is 14.3 Å². The third kappa shape index (κ3) is 6.75. The number of carbonyl (C=O) groups is 3. The van der Waals surface area contributed by atoms with Crippen molar-refractivity contribution in [3.05, 3.63) is 40.7 Å². The van der Waals surface area contributed by atoms with E-state index in [2.05, 4.69) is 9.72 Å². The fraction of sp³-hybridized carbons (Fsp3) is 0.294. The number of imide groups is 1. The average molecular weight is 430 g/mol. The second-order valence-electron chi connectivity index (χ2n) is 5.76. The van der Waals surface area contributed by atoms with Crippen LogP contribution in [0.15, 0.2) is 23.7 Å². The number of nitrogens with one attached hydrogen (secondary N) is 2. The fourth-order valence-corrected chi connectivity index (χ4v) is 3.06. The van der Waals surface area contributed by atoms with Crippen molar-refractivity contribution in [1.29, 1.82) is 0 Å². The molecule has 0 unspecified atom stereocenters. The first-order valence-electron chi connectivity index (χ1n) is 8.15. The third-order valence-corrected chi connectivity index (χ3v) is 4.28. The summed E-state index contributed by atoms with van der Waals surface area (Å²) < 4.78 is 42.5. The number of hydrogen-bond donors (Lipinski definition) is 2. The van der Waals surface area contributed by atoms with Crippen molar-refractivity contribution in [2.45, 2.75) is 20.0 Å². The number of amides is 3. The van der Waals surface area contributed by atoms with Gasteiger partial charge in [0.15, 0.2) is 11.7 Å². The molecule has 2 rings (SSSR count). The van der Waals surface area contributed by atoms with Gasteiger partial charge in [-0.15, -0.1) is 11.3 Å². The molecule has 0 saturated heterocycles. The number of hydrogen-bond acceptors (Lipinski definition) is 6. The van der Waals surface area contributed by atoms with Crippen molar-refractivity contribution in [1.82, 2.24) is 20.2 Å². The summed E-state index contributed by atoms with van der Waals surface area (Å²) >= 11 is 1.46. The highest BCUT2D eigenvalue weighted by Crippen LogP contribution is 2.23. The number of esters is 1. The van der Waals surface area contributed by atoms with E-state index in [1.54, 1.807) is 11.5 Å². The zero-order valence-electron chi connectivity index (χ0n) is 15.4. The number of urea groups is 1. The Balaban J connectivity index is 1.85.